The summed E-state index contributed by atoms with van der Waals surface area (Å²) in [6, 6.07) is 5.52. The molecule has 6 heteroatoms. The topological polar surface area (TPSA) is 19.4 Å². The number of fused-ring (bicyclic) bond motifs is 1. The van der Waals surface area contributed by atoms with Crippen molar-refractivity contribution in [1.29, 1.82) is 0 Å². The second-order valence-electron chi connectivity index (χ2n) is 15.6. The van der Waals surface area contributed by atoms with Gasteiger partial charge in [0.25, 0.3) is 0 Å². The fourth-order valence-electron chi connectivity index (χ4n) is 9.93. The SMILES string of the molecule is c1c(N2CCCCC2)c(N2CCCCC2)c2c(N3CCCCC3)cc(N3CCCCC3)c(N3CCCCC3)c2c1N1CCCCC1. The summed E-state index contributed by atoms with van der Waals surface area (Å²) in [5.74, 6) is 0. The van der Waals surface area contributed by atoms with Crippen LogP contribution in [0.15, 0.2) is 12.1 Å². The Bertz CT molecular complexity index is 1200. The number of hydrogen-bond acceptors (Lipinski definition) is 6. The molecule has 6 aliphatic heterocycles. The van der Waals surface area contributed by atoms with Gasteiger partial charge in [-0.15, -0.1) is 0 Å². The third-order valence-corrected chi connectivity index (χ3v) is 12.4. The van der Waals surface area contributed by atoms with Gasteiger partial charge in [-0.2, -0.15) is 0 Å². The highest BCUT2D eigenvalue weighted by molar-refractivity contribution is 6.21. The van der Waals surface area contributed by atoms with Gasteiger partial charge in [0.1, 0.15) is 0 Å². The van der Waals surface area contributed by atoms with Crippen LogP contribution >= 0.6 is 0 Å². The van der Waals surface area contributed by atoms with E-state index in [9.17, 15) is 0 Å². The predicted octanol–water partition coefficient (Wildman–Crippen LogP) is 8.78. The van der Waals surface area contributed by atoms with E-state index in [1.807, 2.05) is 0 Å². The molecule has 46 heavy (non-hydrogen) atoms. The van der Waals surface area contributed by atoms with Gasteiger partial charge in [0.2, 0.25) is 0 Å². The molecule has 0 saturated carbocycles. The minimum Gasteiger partial charge on any atom is -0.371 e. The number of piperidine rings is 6. The standard InChI is InChI=1S/C40H62N6/c1-7-19-41(20-8-1)33-31-35(43-23-11-3-12-24-43)40(46-29-17-6-18-30-46)38-34(42-21-9-2-10-22-42)32-36(44-25-13-4-14-26-44)39(37(33)38)45-27-15-5-16-28-45/h31-32H,1-30H2. The largest absolute Gasteiger partial charge is 0.371 e. The van der Waals surface area contributed by atoms with Crippen LogP contribution in [-0.2, 0) is 0 Å². The van der Waals surface area contributed by atoms with Gasteiger partial charge in [0, 0.05) is 101 Å². The van der Waals surface area contributed by atoms with Crippen LogP contribution in [-0.4, -0.2) is 78.5 Å². The van der Waals surface area contributed by atoms with Gasteiger partial charge < -0.3 is 29.4 Å². The van der Waals surface area contributed by atoms with E-state index in [1.54, 1.807) is 44.9 Å². The van der Waals surface area contributed by atoms with Crippen LogP contribution in [0.3, 0.4) is 0 Å². The monoisotopic (exact) mass is 627 g/mol. The zero-order valence-electron chi connectivity index (χ0n) is 29.1. The van der Waals surface area contributed by atoms with Crippen molar-refractivity contribution in [3.8, 4) is 0 Å². The molecule has 0 amide bonds. The molecule has 6 fully saturated rings. The summed E-state index contributed by atoms with van der Waals surface area (Å²) in [7, 11) is 0. The van der Waals surface area contributed by atoms with E-state index in [0.717, 1.165) is 0 Å². The lowest BCUT2D eigenvalue weighted by molar-refractivity contribution is 0.562. The summed E-state index contributed by atoms with van der Waals surface area (Å²) in [5, 5.41) is 3.27. The van der Waals surface area contributed by atoms with Gasteiger partial charge in [-0.3, -0.25) is 0 Å². The molecule has 0 unspecified atom stereocenters. The van der Waals surface area contributed by atoms with Crippen LogP contribution in [0, 0.1) is 0 Å². The summed E-state index contributed by atoms with van der Waals surface area (Å²) < 4.78 is 0. The molecular weight excluding hydrogens is 564 g/mol. The number of hydrogen-bond donors (Lipinski definition) is 0. The van der Waals surface area contributed by atoms with Crippen LogP contribution in [0.25, 0.3) is 10.8 Å². The third-order valence-electron chi connectivity index (χ3n) is 12.4. The molecule has 6 saturated heterocycles. The van der Waals surface area contributed by atoms with E-state index in [2.05, 4.69) is 41.5 Å². The molecule has 0 spiro atoms. The van der Waals surface area contributed by atoms with Gasteiger partial charge in [-0.25, -0.2) is 0 Å². The Morgan fingerprint density at radius 2 is 0.457 bits per heavy atom. The smallest absolute Gasteiger partial charge is 0.0707 e. The van der Waals surface area contributed by atoms with E-state index in [0.29, 0.717) is 0 Å². The van der Waals surface area contributed by atoms with Crippen LogP contribution in [0.2, 0.25) is 0 Å². The Labute approximate surface area is 280 Å². The second-order valence-corrected chi connectivity index (χ2v) is 15.6. The zero-order chi connectivity index (χ0) is 30.7. The number of anilines is 6. The average Bonchev–Trinajstić information content (AvgIpc) is 3.15. The number of nitrogens with zero attached hydrogens (tertiary/aromatic N) is 6. The Morgan fingerprint density at radius 1 is 0.239 bits per heavy atom. The Kier molecular flexibility index (Phi) is 9.59. The first-order valence-electron chi connectivity index (χ1n) is 20.0. The maximum Gasteiger partial charge on any atom is 0.0707 e. The van der Waals surface area contributed by atoms with Crippen molar-refractivity contribution in [1.82, 2.24) is 0 Å². The minimum absolute atomic E-state index is 1.21. The van der Waals surface area contributed by atoms with Gasteiger partial charge >= 0.3 is 0 Å². The van der Waals surface area contributed by atoms with Crippen molar-refractivity contribution in [3.05, 3.63) is 12.1 Å². The van der Waals surface area contributed by atoms with Crippen molar-refractivity contribution in [2.24, 2.45) is 0 Å². The van der Waals surface area contributed by atoms with Gasteiger partial charge in [-0.05, 0) is 128 Å². The molecular formula is C40H62N6. The molecule has 0 N–H and O–H groups in total. The van der Waals surface area contributed by atoms with E-state index in [1.165, 1.54) is 194 Å². The average molecular weight is 627 g/mol. The molecule has 0 aromatic heterocycles. The molecule has 252 valence electrons. The third kappa shape index (κ3) is 6.12. The van der Waals surface area contributed by atoms with Gasteiger partial charge in [0.15, 0.2) is 0 Å². The fourth-order valence-corrected chi connectivity index (χ4v) is 9.93. The highest BCUT2D eigenvalue weighted by atomic mass is 15.2. The van der Waals surface area contributed by atoms with Crippen LogP contribution in [0.1, 0.15) is 116 Å². The van der Waals surface area contributed by atoms with Gasteiger partial charge in [0.05, 0.1) is 22.7 Å². The van der Waals surface area contributed by atoms with Crippen LogP contribution in [0.4, 0.5) is 34.1 Å². The van der Waals surface area contributed by atoms with Crippen molar-refractivity contribution in [3.63, 3.8) is 0 Å². The molecule has 0 atom stereocenters. The maximum absolute atomic E-state index is 2.88. The molecule has 2 aromatic carbocycles. The lowest BCUT2D eigenvalue weighted by Crippen LogP contribution is -2.38. The molecule has 2 aromatic rings. The Hall–Kier alpha value is -2.50. The van der Waals surface area contributed by atoms with E-state index in [-0.39, 0.29) is 0 Å². The summed E-state index contributed by atoms with van der Waals surface area (Å²) in [6.07, 6.45) is 24.3. The first-order valence-corrected chi connectivity index (χ1v) is 20.0. The summed E-state index contributed by atoms with van der Waals surface area (Å²) >= 11 is 0. The summed E-state index contributed by atoms with van der Waals surface area (Å²) in [6.45, 7) is 14.6. The number of benzene rings is 2. The first-order chi connectivity index (χ1) is 22.9. The summed E-state index contributed by atoms with van der Waals surface area (Å²) in [5.41, 5.74) is 9.52. The van der Waals surface area contributed by atoms with E-state index in [4.69, 9.17) is 0 Å². The van der Waals surface area contributed by atoms with Crippen molar-refractivity contribution in [2.75, 3.05) is 108 Å². The lowest BCUT2D eigenvalue weighted by Gasteiger charge is -2.43. The Morgan fingerprint density at radius 3 is 0.717 bits per heavy atom. The maximum atomic E-state index is 2.88. The van der Waals surface area contributed by atoms with Crippen LogP contribution < -0.4 is 29.4 Å². The predicted molar refractivity (Wildman–Crippen MR) is 200 cm³/mol. The molecule has 6 aliphatic rings. The van der Waals surface area contributed by atoms with Crippen molar-refractivity contribution in [2.45, 2.75) is 116 Å². The van der Waals surface area contributed by atoms with E-state index < -0.39 is 0 Å². The minimum atomic E-state index is 1.21. The quantitative estimate of drug-likeness (QED) is 0.317. The molecule has 0 bridgehead atoms. The Balaban J connectivity index is 1.47. The zero-order valence-corrected chi connectivity index (χ0v) is 29.1. The van der Waals surface area contributed by atoms with Crippen molar-refractivity contribution >= 4 is 44.9 Å². The highest BCUT2D eigenvalue weighted by Gasteiger charge is 2.34. The number of rotatable bonds is 6. The molecule has 8 rings (SSSR count). The first kappa shape index (κ1) is 30.8. The second kappa shape index (κ2) is 14.3. The summed E-state index contributed by atoms with van der Waals surface area (Å²) in [4.78, 5) is 17.1. The molecule has 6 nitrogen and oxygen atoms in total. The highest BCUT2D eigenvalue weighted by Crippen LogP contribution is 2.55. The molecule has 0 radical (unpaired) electrons. The lowest BCUT2D eigenvalue weighted by atomic mass is 9.92. The normalized spacial score (nSPS) is 23.8. The molecule has 0 aliphatic carbocycles. The van der Waals surface area contributed by atoms with E-state index >= 15 is 0 Å². The fraction of sp³-hybridized carbons (Fsp3) is 0.750. The van der Waals surface area contributed by atoms with Crippen LogP contribution in [0.5, 0.6) is 0 Å². The van der Waals surface area contributed by atoms with Gasteiger partial charge in [-0.1, -0.05) is 0 Å². The molecule has 6 heterocycles. The van der Waals surface area contributed by atoms with Crippen molar-refractivity contribution < 1.29 is 0 Å².